The molecule has 0 radical (unpaired) electrons. The van der Waals surface area contributed by atoms with Gasteiger partial charge in [-0.15, -0.1) is 0 Å². The Labute approximate surface area is 428 Å². The standard InChI is InChI=1S/C54H76N8O8.C2H6/c1-13-21-55-45(36(5)69-12)30-48-44(31-54(7,8)34-70-37(6)63)43-29-39(19-20-47(43)61(48)14-2)40-25-38(26-42(64)28-40)27-46(53(68)62-24-16-15-22-56-62)57-51(66)50(35(3)4)59(11)52(67)41-32-60(33-41)49(65)18-17-23-58(9)10;1-2/h13,17-21,25-26,28-30,35-36,41,46,50,56,64H,1,14-16,22-24,27,31-34H2,2-12H3,(H,57,66);1-2H3/b18-17+,45-30+,55-21?;. The zero-order valence-corrected chi connectivity index (χ0v) is 45.2. The molecular weight excluding hydrogens is 913 g/mol. The maximum Gasteiger partial charge on any atom is 0.302 e. The van der Waals surface area contributed by atoms with Gasteiger partial charge in [0.25, 0.3) is 5.91 Å². The number of phenols is 1. The number of fused-ring (bicyclic) bond motifs is 1. The van der Waals surface area contributed by atoms with Gasteiger partial charge in [0.1, 0.15) is 17.8 Å². The number of likely N-dealkylation sites (N-methyl/N-ethyl adjacent to an activating group) is 2. The maximum absolute atomic E-state index is 14.4. The van der Waals surface area contributed by atoms with E-state index in [2.05, 4.69) is 59.8 Å². The molecular formula is C56H82N8O8. The summed E-state index contributed by atoms with van der Waals surface area (Å²) in [5, 5.41) is 16.9. The summed E-state index contributed by atoms with van der Waals surface area (Å²) in [6.07, 6.45) is 10.6. The summed E-state index contributed by atoms with van der Waals surface area (Å²) >= 11 is 0. The molecule has 2 aromatic carbocycles. The molecule has 72 heavy (non-hydrogen) atoms. The molecule has 3 unspecified atom stereocenters. The highest BCUT2D eigenvalue weighted by Gasteiger charge is 2.41. The Morgan fingerprint density at radius 3 is 2.33 bits per heavy atom. The summed E-state index contributed by atoms with van der Waals surface area (Å²) in [6.45, 7) is 24.1. The molecule has 0 spiro atoms. The van der Waals surface area contributed by atoms with Gasteiger partial charge in [-0.3, -0.25) is 34.0 Å². The van der Waals surface area contributed by atoms with Crippen molar-refractivity contribution in [2.45, 2.75) is 113 Å². The Morgan fingerprint density at radius 2 is 1.74 bits per heavy atom. The number of methoxy groups -OCH3 is 1. The minimum absolute atomic E-state index is 0.0106. The van der Waals surface area contributed by atoms with E-state index in [0.717, 1.165) is 40.6 Å². The van der Waals surface area contributed by atoms with E-state index in [0.29, 0.717) is 49.4 Å². The molecule has 2 aliphatic heterocycles. The summed E-state index contributed by atoms with van der Waals surface area (Å²) in [6, 6.07) is 9.43. The number of allylic oxidation sites excluding steroid dienone is 1. The number of amides is 4. The van der Waals surface area contributed by atoms with Crippen LogP contribution in [-0.2, 0) is 52.8 Å². The molecule has 3 N–H and O–H groups in total. The van der Waals surface area contributed by atoms with E-state index in [1.165, 1.54) is 17.9 Å². The number of aliphatic imine (C=N–C) groups is 1. The lowest BCUT2D eigenvalue weighted by atomic mass is 9.85. The highest BCUT2D eigenvalue weighted by atomic mass is 16.5. The molecule has 4 amide bonds. The van der Waals surface area contributed by atoms with E-state index in [1.807, 2.05) is 71.8 Å². The van der Waals surface area contributed by atoms with E-state index in [1.54, 1.807) is 54.6 Å². The molecule has 0 saturated carbocycles. The first kappa shape index (κ1) is 58.5. The van der Waals surface area contributed by atoms with Gasteiger partial charge in [-0.1, -0.05) is 72.4 Å². The molecule has 3 aromatic rings. The number of aromatic nitrogens is 1. The molecule has 3 atom stereocenters. The molecule has 394 valence electrons. The SMILES string of the molecule is C=CC=N/C(=C/c1c(CC(C)(C)COC(C)=O)c2cc(-c3cc(O)cc(CC(NC(=O)C(C(C)C)N(C)C(=O)C4CN(C(=O)/C=C/CN(C)C)C4)C(=O)N4CCCCN4)c3)ccc2n1CC)C(C)OC.CC. The topological polar surface area (TPSA) is 178 Å². The largest absolute Gasteiger partial charge is 0.508 e. The van der Waals surface area contributed by atoms with E-state index in [-0.39, 0.29) is 67.6 Å². The fraction of sp³-hybridized carbons (Fsp3) is 0.536. The van der Waals surface area contributed by atoms with Crippen molar-refractivity contribution in [2.75, 3.05) is 67.6 Å². The second-order valence-corrected chi connectivity index (χ2v) is 19.9. The van der Waals surface area contributed by atoms with Gasteiger partial charge in [0.15, 0.2) is 0 Å². The first-order valence-corrected chi connectivity index (χ1v) is 25.4. The van der Waals surface area contributed by atoms with Crippen LogP contribution in [-0.4, -0.2) is 151 Å². The van der Waals surface area contributed by atoms with Crippen molar-refractivity contribution in [2.24, 2.45) is 22.2 Å². The molecule has 0 aliphatic carbocycles. The predicted octanol–water partition coefficient (Wildman–Crippen LogP) is 7.04. The zero-order chi connectivity index (χ0) is 53.4. The van der Waals surface area contributed by atoms with Gasteiger partial charge < -0.3 is 39.2 Å². The summed E-state index contributed by atoms with van der Waals surface area (Å²) in [7, 11) is 7.07. The lowest BCUT2D eigenvalue weighted by Gasteiger charge is -2.41. The monoisotopic (exact) mass is 995 g/mol. The van der Waals surface area contributed by atoms with Gasteiger partial charge in [-0.2, -0.15) is 0 Å². The van der Waals surface area contributed by atoms with Crippen LogP contribution in [0.1, 0.15) is 92.0 Å². The third-order valence-electron chi connectivity index (χ3n) is 12.9. The smallest absolute Gasteiger partial charge is 0.302 e. The average Bonchev–Trinajstić information content (AvgIpc) is 3.61. The van der Waals surface area contributed by atoms with Crippen LogP contribution in [0.2, 0.25) is 0 Å². The summed E-state index contributed by atoms with van der Waals surface area (Å²) in [4.78, 5) is 77.0. The molecule has 2 fully saturated rings. The number of benzene rings is 2. The van der Waals surface area contributed by atoms with Gasteiger partial charge in [-0.25, -0.2) is 5.43 Å². The first-order valence-electron chi connectivity index (χ1n) is 25.4. The van der Waals surface area contributed by atoms with Crippen molar-refractivity contribution >= 4 is 52.8 Å². The van der Waals surface area contributed by atoms with E-state index in [9.17, 15) is 29.1 Å². The van der Waals surface area contributed by atoms with E-state index >= 15 is 0 Å². The number of phenolic OH excluding ortho intramolecular Hbond substituents is 1. The number of carbonyl (C=O) groups excluding carboxylic acids is 5. The third kappa shape index (κ3) is 15.5. The molecule has 2 saturated heterocycles. The summed E-state index contributed by atoms with van der Waals surface area (Å²) < 4.78 is 13.5. The number of carbonyl (C=O) groups is 5. The van der Waals surface area contributed by atoms with Crippen molar-refractivity contribution in [3.63, 3.8) is 0 Å². The Kier molecular flexibility index (Phi) is 22.0. The number of aromatic hydroxyl groups is 1. The normalized spacial score (nSPS) is 15.8. The Balaban J connectivity index is 0.00000555. The van der Waals surface area contributed by atoms with Crippen molar-refractivity contribution in [3.8, 4) is 16.9 Å². The summed E-state index contributed by atoms with van der Waals surface area (Å²) in [5.74, 6) is -2.33. The van der Waals surface area contributed by atoms with Crippen molar-refractivity contribution in [1.29, 1.82) is 0 Å². The van der Waals surface area contributed by atoms with Crippen molar-refractivity contribution < 1.29 is 38.6 Å². The predicted molar refractivity (Wildman–Crippen MR) is 287 cm³/mol. The second kappa shape index (κ2) is 27.1. The highest BCUT2D eigenvalue weighted by Crippen LogP contribution is 2.38. The number of hydrogen-bond donors (Lipinski definition) is 3. The molecule has 16 nitrogen and oxygen atoms in total. The quantitative estimate of drug-likeness (QED) is 0.0538. The van der Waals surface area contributed by atoms with Crippen molar-refractivity contribution in [1.82, 2.24) is 35.0 Å². The van der Waals surface area contributed by atoms with Crippen LogP contribution in [0.4, 0.5) is 0 Å². The number of nitrogens with zero attached hydrogens (tertiary/aromatic N) is 6. The minimum Gasteiger partial charge on any atom is -0.508 e. The third-order valence-corrected chi connectivity index (χ3v) is 12.9. The summed E-state index contributed by atoms with van der Waals surface area (Å²) in [5.41, 5.74) is 8.50. The molecule has 0 bridgehead atoms. The van der Waals surface area contributed by atoms with Crippen LogP contribution >= 0.6 is 0 Å². The van der Waals surface area contributed by atoms with Gasteiger partial charge >= 0.3 is 5.97 Å². The highest BCUT2D eigenvalue weighted by molar-refractivity contribution is 5.95. The number of hydrogen-bond acceptors (Lipinski definition) is 11. The van der Waals surface area contributed by atoms with Crippen LogP contribution in [0.3, 0.4) is 0 Å². The zero-order valence-electron chi connectivity index (χ0n) is 45.2. The number of hydrazine groups is 1. The Hall–Kier alpha value is -6.10. The van der Waals surface area contributed by atoms with Crippen LogP contribution in [0.5, 0.6) is 5.75 Å². The van der Waals surface area contributed by atoms with Crippen molar-refractivity contribution in [3.05, 3.63) is 83.7 Å². The number of aryl methyl sites for hydroxylation is 1. The minimum atomic E-state index is -1.04. The lowest BCUT2D eigenvalue weighted by Crippen LogP contribution is -2.61. The molecule has 1 aromatic heterocycles. The number of nitrogens with one attached hydrogen (secondary N) is 2. The van der Waals surface area contributed by atoms with Crippen LogP contribution in [0, 0.1) is 17.3 Å². The number of ether oxygens (including phenoxy) is 2. The van der Waals surface area contributed by atoms with Gasteiger partial charge in [-0.05, 0) is 106 Å². The number of rotatable bonds is 22. The van der Waals surface area contributed by atoms with Crippen LogP contribution < -0.4 is 10.7 Å². The van der Waals surface area contributed by atoms with Crippen LogP contribution in [0.15, 0.2) is 71.9 Å². The number of esters is 1. The maximum atomic E-state index is 14.4. The molecule has 3 heterocycles. The fourth-order valence-electron chi connectivity index (χ4n) is 9.15. The van der Waals surface area contributed by atoms with Gasteiger partial charge in [0.2, 0.25) is 17.7 Å². The Bertz CT molecular complexity index is 2460. The molecule has 2 aliphatic rings. The molecule has 5 rings (SSSR count). The Morgan fingerprint density at radius 1 is 1.03 bits per heavy atom. The first-order chi connectivity index (χ1) is 34.2. The average molecular weight is 995 g/mol. The van der Waals surface area contributed by atoms with E-state index in [4.69, 9.17) is 9.47 Å². The number of likely N-dealkylation sites (tertiary alicyclic amines) is 1. The van der Waals surface area contributed by atoms with Gasteiger partial charge in [0, 0.05) is 101 Å². The fourth-order valence-corrected chi connectivity index (χ4v) is 9.15. The molecule has 16 heteroatoms. The van der Waals surface area contributed by atoms with Crippen LogP contribution in [0.25, 0.3) is 28.1 Å². The lowest BCUT2D eigenvalue weighted by molar-refractivity contribution is -0.151. The van der Waals surface area contributed by atoms with Gasteiger partial charge in [0.05, 0.1) is 24.3 Å². The second-order valence-electron chi connectivity index (χ2n) is 19.9. The van der Waals surface area contributed by atoms with E-state index < -0.39 is 29.3 Å².